The van der Waals surface area contributed by atoms with E-state index in [1.807, 2.05) is 13.8 Å². The van der Waals surface area contributed by atoms with Crippen LogP contribution in [0, 0.1) is 6.92 Å². The summed E-state index contributed by atoms with van der Waals surface area (Å²) >= 11 is 0. The number of nitrogens with one attached hydrogen (secondary N) is 1. The maximum Gasteiger partial charge on any atom is 0.229 e. The first-order valence-electron chi connectivity index (χ1n) is 5.63. The quantitative estimate of drug-likeness (QED) is 0.825. The lowest BCUT2D eigenvalue weighted by molar-refractivity contribution is 0.202. The zero-order valence-electron chi connectivity index (χ0n) is 10.7. The SMILES string of the molecule is Cc1cc(OCC2(C)CO2)ccc1NS(C)(=O)=O. The molecule has 100 valence electrons. The van der Waals surface area contributed by atoms with Gasteiger partial charge in [0.2, 0.25) is 10.0 Å². The molecule has 1 atom stereocenters. The number of aryl methyl sites for hydroxylation is 1. The standard InChI is InChI=1S/C12H17NO4S/c1-9-6-10(16-7-12(2)8-17-12)4-5-11(9)13-18(3,14)15/h4-6,13H,7-8H2,1-3H3. The fraction of sp³-hybridized carbons (Fsp3) is 0.500. The maximum atomic E-state index is 11.1. The lowest BCUT2D eigenvalue weighted by Crippen LogP contribution is -2.17. The summed E-state index contributed by atoms with van der Waals surface area (Å²) in [6.45, 7) is 5.04. The summed E-state index contributed by atoms with van der Waals surface area (Å²) in [6.07, 6.45) is 1.13. The summed E-state index contributed by atoms with van der Waals surface area (Å²) in [5.74, 6) is 0.711. The van der Waals surface area contributed by atoms with Crippen LogP contribution in [0.1, 0.15) is 12.5 Å². The highest BCUT2D eigenvalue weighted by Crippen LogP contribution is 2.28. The summed E-state index contributed by atoms with van der Waals surface area (Å²) in [5.41, 5.74) is 1.23. The molecule has 1 aliphatic heterocycles. The Morgan fingerprint density at radius 3 is 2.67 bits per heavy atom. The lowest BCUT2D eigenvalue weighted by Gasteiger charge is -2.12. The van der Waals surface area contributed by atoms with Crippen molar-refractivity contribution in [2.24, 2.45) is 0 Å². The van der Waals surface area contributed by atoms with Crippen LogP contribution in [0.4, 0.5) is 5.69 Å². The first kappa shape index (κ1) is 13.2. The van der Waals surface area contributed by atoms with Crippen LogP contribution >= 0.6 is 0 Å². The second-order valence-electron chi connectivity index (χ2n) is 4.88. The topological polar surface area (TPSA) is 67.9 Å². The first-order chi connectivity index (χ1) is 8.27. The van der Waals surface area contributed by atoms with Gasteiger partial charge in [-0.05, 0) is 37.6 Å². The Morgan fingerprint density at radius 1 is 1.50 bits per heavy atom. The van der Waals surface area contributed by atoms with Gasteiger partial charge in [0.25, 0.3) is 0 Å². The molecule has 1 unspecified atom stereocenters. The molecular weight excluding hydrogens is 254 g/mol. The number of benzene rings is 1. The molecule has 1 saturated heterocycles. The van der Waals surface area contributed by atoms with Gasteiger partial charge >= 0.3 is 0 Å². The number of hydrogen-bond donors (Lipinski definition) is 1. The molecule has 0 amide bonds. The van der Waals surface area contributed by atoms with Gasteiger partial charge in [0, 0.05) is 0 Å². The molecule has 0 aromatic heterocycles. The molecule has 0 spiro atoms. The molecule has 1 fully saturated rings. The van der Waals surface area contributed by atoms with E-state index in [-0.39, 0.29) is 5.60 Å². The van der Waals surface area contributed by atoms with Gasteiger partial charge in [-0.2, -0.15) is 0 Å². The van der Waals surface area contributed by atoms with E-state index >= 15 is 0 Å². The first-order valence-corrected chi connectivity index (χ1v) is 7.52. The van der Waals surface area contributed by atoms with E-state index in [2.05, 4.69) is 4.72 Å². The third kappa shape index (κ3) is 3.61. The number of hydrogen-bond acceptors (Lipinski definition) is 4. The highest BCUT2D eigenvalue weighted by Gasteiger charge is 2.40. The van der Waals surface area contributed by atoms with Gasteiger partial charge in [-0.15, -0.1) is 0 Å². The van der Waals surface area contributed by atoms with Crippen LogP contribution < -0.4 is 9.46 Å². The summed E-state index contributed by atoms with van der Waals surface area (Å²) in [7, 11) is -3.25. The van der Waals surface area contributed by atoms with Gasteiger partial charge in [-0.25, -0.2) is 8.42 Å². The van der Waals surface area contributed by atoms with Crippen LogP contribution in [0.15, 0.2) is 18.2 Å². The Labute approximate surface area is 107 Å². The Morgan fingerprint density at radius 2 is 2.17 bits per heavy atom. The van der Waals surface area contributed by atoms with Crippen LogP contribution in [-0.4, -0.2) is 33.5 Å². The monoisotopic (exact) mass is 271 g/mol. The fourth-order valence-electron chi connectivity index (χ4n) is 1.48. The summed E-state index contributed by atoms with van der Waals surface area (Å²) in [4.78, 5) is 0. The Balaban J connectivity index is 2.04. The number of sulfonamides is 1. The second kappa shape index (κ2) is 4.44. The average molecular weight is 271 g/mol. The van der Waals surface area contributed by atoms with Gasteiger partial charge in [0.15, 0.2) is 0 Å². The molecule has 0 saturated carbocycles. The highest BCUT2D eigenvalue weighted by atomic mass is 32.2. The normalized spacial score (nSPS) is 22.6. The molecule has 1 heterocycles. The van der Waals surface area contributed by atoms with Crippen LogP contribution in [0.5, 0.6) is 5.75 Å². The zero-order chi connectivity index (χ0) is 13.4. The van der Waals surface area contributed by atoms with Crippen molar-refractivity contribution >= 4 is 15.7 Å². The highest BCUT2D eigenvalue weighted by molar-refractivity contribution is 7.92. The van der Waals surface area contributed by atoms with Crippen molar-refractivity contribution in [1.82, 2.24) is 0 Å². The molecule has 18 heavy (non-hydrogen) atoms. The summed E-state index contributed by atoms with van der Waals surface area (Å²) < 4.78 is 35.6. The number of rotatable bonds is 5. The molecule has 1 aromatic carbocycles. The third-order valence-corrected chi connectivity index (χ3v) is 3.27. The zero-order valence-corrected chi connectivity index (χ0v) is 11.5. The number of ether oxygens (including phenoxy) is 2. The Bertz CT molecular complexity index is 549. The summed E-state index contributed by atoms with van der Waals surface area (Å²) in [6, 6.07) is 5.24. The van der Waals surface area contributed by atoms with E-state index in [1.165, 1.54) is 0 Å². The van der Waals surface area contributed by atoms with Gasteiger partial charge in [-0.3, -0.25) is 4.72 Å². The smallest absolute Gasteiger partial charge is 0.229 e. The van der Waals surface area contributed by atoms with Gasteiger partial charge in [-0.1, -0.05) is 0 Å². The Hall–Kier alpha value is -1.27. The van der Waals surface area contributed by atoms with Crippen molar-refractivity contribution < 1.29 is 17.9 Å². The second-order valence-corrected chi connectivity index (χ2v) is 6.63. The largest absolute Gasteiger partial charge is 0.490 e. The molecule has 0 bridgehead atoms. The van der Waals surface area contributed by atoms with Crippen LogP contribution in [0.3, 0.4) is 0 Å². The van der Waals surface area contributed by atoms with Gasteiger partial charge < -0.3 is 9.47 Å². The van der Waals surface area contributed by atoms with Crippen molar-refractivity contribution in [3.8, 4) is 5.75 Å². The van der Waals surface area contributed by atoms with E-state index in [4.69, 9.17) is 9.47 Å². The lowest BCUT2D eigenvalue weighted by atomic mass is 10.2. The fourth-order valence-corrected chi connectivity index (χ4v) is 2.11. The predicted octanol–water partition coefficient (Wildman–Crippen LogP) is 1.53. The molecule has 0 aliphatic carbocycles. The summed E-state index contributed by atoms with van der Waals surface area (Å²) in [5, 5.41) is 0. The molecule has 1 aliphatic rings. The van der Waals surface area contributed by atoms with E-state index in [0.717, 1.165) is 18.4 Å². The number of anilines is 1. The van der Waals surface area contributed by atoms with E-state index in [1.54, 1.807) is 18.2 Å². The van der Waals surface area contributed by atoms with Crippen molar-refractivity contribution in [2.75, 3.05) is 24.2 Å². The minimum absolute atomic E-state index is 0.155. The van der Waals surface area contributed by atoms with Crippen molar-refractivity contribution in [1.29, 1.82) is 0 Å². The predicted molar refractivity (Wildman–Crippen MR) is 69.5 cm³/mol. The van der Waals surface area contributed by atoms with Gasteiger partial charge in [0.05, 0.1) is 18.6 Å². The molecule has 6 heteroatoms. The molecular formula is C12H17NO4S. The van der Waals surface area contributed by atoms with Crippen molar-refractivity contribution in [3.63, 3.8) is 0 Å². The van der Waals surface area contributed by atoms with Gasteiger partial charge in [0.1, 0.15) is 18.0 Å². The van der Waals surface area contributed by atoms with Crippen molar-refractivity contribution in [2.45, 2.75) is 19.4 Å². The Kier molecular flexibility index (Phi) is 3.25. The molecule has 5 nitrogen and oxygen atoms in total. The molecule has 2 rings (SSSR count). The number of epoxide rings is 1. The van der Waals surface area contributed by atoms with Crippen molar-refractivity contribution in [3.05, 3.63) is 23.8 Å². The average Bonchev–Trinajstić information content (AvgIpc) is 2.96. The van der Waals surface area contributed by atoms with E-state index < -0.39 is 10.0 Å². The molecule has 0 radical (unpaired) electrons. The molecule has 1 aromatic rings. The minimum Gasteiger partial charge on any atom is -0.490 e. The van der Waals surface area contributed by atoms with E-state index in [0.29, 0.717) is 18.0 Å². The maximum absolute atomic E-state index is 11.1. The molecule has 1 N–H and O–H groups in total. The third-order valence-electron chi connectivity index (χ3n) is 2.67. The van der Waals surface area contributed by atoms with Crippen LogP contribution in [-0.2, 0) is 14.8 Å². The van der Waals surface area contributed by atoms with E-state index in [9.17, 15) is 8.42 Å². The minimum atomic E-state index is -3.25. The van der Waals surface area contributed by atoms with Crippen LogP contribution in [0.25, 0.3) is 0 Å². The van der Waals surface area contributed by atoms with Crippen LogP contribution in [0.2, 0.25) is 0 Å².